The van der Waals surface area contributed by atoms with E-state index in [0.717, 1.165) is 5.69 Å². The fourth-order valence-corrected chi connectivity index (χ4v) is 4.24. The third-order valence-electron chi connectivity index (χ3n) is 5.24. The van der Waals surface area contributed by atoms with Gasteiger partial charge in [0.15, 0.2) is 9.84 Å². The van der Waals surface area contributed by atoms with Crippen LogP contribution in [0.4, 0.5) is 5.69 Å². The SMILES string of the molecule is CCS(=O)(=O)CCN1CCC(C(=O)Nc2ccccc2)(n2cccn2)CC1. The summed E-state index contributed by atoms with van der Waals surface area (Å²) in [5, 5.41) is 7.35. The molecule has 146 valence electrons. The van der Waals surface area contributed by atoms with Crippen LogP contribution in [0.5, 0.6) is 0 Å². The maximum atomic E-state index is 13.2. The molecule has 0 radical (unpaired) electrons. The van der Waals surface area contributed by atoms with Gasteiger partial charge in [0.05, 0.1) is 5.75 Å². The number of benzene rings is 1. The van der Waals surface area contributed by atoms with Crippen LogP contribution in [0.25, 0.3) is 0 Å². The van der Waals surface area contributed by atoms with E-state index in [0.29, 0.717) is 32.5 Å². The Labute approximate surface area is 160 Å². The van der Waals surface area contributed by atoms with Gasteiger partial charge < -0.3 is 10.2 Å². The fourth-order valence-electron chi connectivity index (χ4n) is 3.41. The first-order chi connectivity index (χ1) is 13.0. The minimum Gasteiger partial charge on any atom is -0.324 e. The summed E-state index contributed by atoms with van der Waals surface area (Å²) in [6.45, 7) is 3.48. The normalized spacial score (nSPS) is 17.5. The second kappa shape index (κ2) is 8.22. The van der Waals surface area contributed by atoms with Crippen LogP contribution in [0.1, 0.15) is 19.8 Å². The molecule has 0 spiro atoms. The van der Waals surface area contributed by atoms with Crippen molar-refractivity contribution in [3.63, 3.8) is 0 Å². The zero-order chi connectivity index (χ0) is 19.3. The molecular weight excluding hydrogens is 364 g/mol. The lowest BCUT2D eigenvalue weighted by Crippen LogP contribution is -2.54. The zero-order valence-corrected chi connectivity index (χ0v) is 16.4. The van der Waals surface area contributed by atoms with Gasteiger partial charge in [0, 0.05) is 43.5 Å². The Kier molecular flexibility index (Phi) is 5.96. The third-order valence-corrected chi connectivity index (χ3v) is 6.92. The summed E-state index contributed by atoms with van der Waals surface area (Å²) in [5.74, 6) is 0.240. The number of sulfone groups is 1. The molecule has 3 rings (SSSR count). The number of nitrogens with one attached hydrogen (secondary N) is 1. The molecule has 1 aromatic heterocycles. The summed E-state index contributed by atoms with van der Waals surface area (Å²) in [4.78, 5) is 15.3. The smallest absolute Gasteiger partial charge is 0.252 e. The molecule has 1 N–H and O–H groups in total. The molecule has 27 heavy (non-hydrogen) atoms. The first kappa shape index (κ1) is 19.6. The number of nitrogens with zero attached hydrogens (tertiary/aromatic N) is 3. The molecule has 0 bridgehead atoms. The molecule has 7 nitrogen and oxygen atoms in total. The van der Waals surface area contributed by atoms with Crippen molar-refractivity contribution >= 4 is 21.4 Å². The van der Waals surface area contributed by atoms with E-state index in [1.807, 2.05) is 42.6 Å². The number of anilines is 1. The number of hydrogen-bond donors (Lipinski definition) is 1. The number of hydrogen-bond acceptors (Lipinski definition) is 5. The summed E-state index contributed by atoms with van der Waals surface area (Å²) in [5.41, 5.74) is -0.00932. The topological polar surface area (TPSA) is 84.3 Å². The second-order valence-corrected chi connectivity index (χ2v) is 9.35. The van der Waals surface area contributed by atoms with Gasteiger partial charge in [0.2, 0.25) is 0 Å². The summed E-state index contributed by atoms with van der Waals surface area (Å²) >= 11 is 0. The Bertz CT molecular complexity index is 842. The summed E-state index contributed by atoms with van der Waals surface area (Å²) in [6, 6.07) is 11.2. The van der Waals surface area contributed by atoms with E-state index in [9.17, 15) is 13.2 Å². The van der Waals surface area contributed by atoms with Gasteiger partial charge >= 0.3 is 0 Å². The Hall–Kier alpha value is -2.19. The molecular formula is C19H26N4O3S. The van der Waals surface area contributed by atoms with Gasteiger partial charge in [-0.05, 0) is 31.0 Å². The lowest BCUT2D eigenvalue weighted by molar-refractivity contribution is -0.127. The lowest BCUT2D eigenvalue weighted by atomic mass is 9.86. The van der Waals surface area contributed by atoms with Crippen LogP contribution >= 0.6 is 0 Å². The minimum atomic E-state index is -2.99. The quantitative estimate of drug-likeness (QED) is 0.779. The van der Waals surface area contributed by atoms with Crippen LogP contribution in [0.15, 0.2) is 48.8 Å². The Morgan fingerprint density at radius 3 is 2.48 bits per heavy atom. The van der Waals surface area contributed by atoms with Crippen LogP contribution in [-0.2, 0) is 20.2 Å². The molecule has 0 unspecified atom stereocenters. The maximum absolute atomic E-state index is 13.2. The molecule has 0 saturated carbocycles. The zero-order valence-electron chi connectivity index (χ0n) is 15.5. The van der Waals surface area contributed by atoms with Gasteiger partial charge in [-0.25, -0.2) is 8.42 Å². The number of para-hydroxylation sites is 1. The predicted octanol–water partition coefficient (Wildman–Crippen LogP) is 1.75. The summed E-state index contributed by atoms with van der Waals surface area (Å²) in [6.07, 6.45) is 4.67. The van der Waals surface area contributed by atoms with Crippen LogP contribution in [-0.4, -0.2) is 60.1 Å². The number of carbonyl (C=O) groups is 1. The molecule has 8 heteroatoms. The summed E-state index contributed by atoms with van der Waals surface area (Å²) in [7, 11) is -2.99. The average Bonchev–Trinajstić information content (AvgIpc) is 3.23. The highest BCUT2D eigenvalue weighted by Crippen LogP contribution is 2.31. The molecule has 1 amide bonds. The van der Waals surface area contributed by atoms with Crippen molar-refractivity contribution < 1.29 is 13.2 Å². The molecule has 1 saturated heterocycles. The Balaban J connectivity index is 1.72. The van der Waals surface area contributed by atoms with E-state index >= 15 is 0 Å². The number of rotatable bonds is 7. The van der Waals surface area contributed by atoms with Crippen molar-refractivity contribution in [3.05, 3.63) is 48.8 Å². The van der Waals surface area contributed by atoms with Gasteiger partial charge in [-0.2, -0.15) is 5.10 Å². The number of aromatic nitrogens is 2. The van der Waals surface area contributed by atoms with Crippen molar-refractivity contribution in [2.45, 2.75) is 25.3 Å². The van der Waals surface area contributed by atoms with Gasteiger partial charge in [-0.3, -0.25) is 9.48 Å². The minimum absolute atomic E-state index is 0.0850. The van der Waals surface area contributed by atoms with Gasteiger partial charge in [-0.15, -0.1) is 0 Å². The van der Waals surface area contributed by atoms with E-state index in [2.05, 4.69) is 15.3 Å². The number of amides is 1. The second-order valence-electron chi connectivity index (χ2n) is 6.88. The molecule has 1 aromatic carbocycles. The third kappa shape index (κ3) is 4.56. The molecule has 2 heterocycles. The van der Waals surface area contributed by atoms with E-state index in [1.165, 1.54) is 0 Å². The lowest BCUT2D eigenvalue weighted by Gasteiger charge is -2.40. The molecule has 0 aliphatic carbocycles. The van der Waals surface area contributed by atoms with E-state index in [-0.39, 0.29) is 17.4 Å². The first-order valence-corrected chi connectivity index (χ1v) is 11.1. The molecule has 1 fully saturated rings. The van der Waals surface area contributed by atoms with Crippen molar-refractivity contribution in [2.75, 3.05) is 36.5 Å². The van der Waals surface area contributed by atoms with E-state index < -0.39 is 15.4 Å². The largest absolute Gasteiger partial charge is 0.324 e. The van der Waals surface area contributed by atoms with E-state index in [1.54, 1.807) is 17.8 Å². The molecule has 1 aliphatic rings. The fraction of sp³-hybridized carbons (Fsp3) is 0.474. The van der Waals surface area contributed by atoms with Gasteiger partial charge in [0.25, 0.3) is 5.91 Å². The van der Waals surface area contributed by atoms with Crippen LogP contribution < -0.4 is 5.32 Å². The monoisotopic (exact) mass is 390 g/mol. The van der Waals surface area contributed by atoms with E-state index in [4.69, 9.17) is 0 Å². The molecule has 1 aliphatic heterocycles. The highest BCUT2D eigenvalue weighted by Gasteiger charge is 2.43. The highest BCUT2D eigenvalue weighted by atomic mass is 32.2. The van der Waals surface area contributed by atoms with Crippen molar-refractivity contribution in [3.8, 4) is 0 Å². The number of piperidine rings is 1. The van der Waals surface area contributed by atoms with Gasteiger partial charge in [0.1, 0.15) is 5.54 Å². The predicted molar refractivity (Wildman–Crippen MR) is 105 cm³/mol. The Morgan fingerprint density at radius 1 is 1.19 bits per heavy atom. The number of carbonyl (C=O) groups excluding carboxylic acids is 1. The van der Waals surface area contributed by atoms with Gasteiger partial charge in [-0.1, -0.05) is 25.1 Å². The molecule has 0 atom stereocenters. The van der Waals surface area contributed by atoms with Crippen LogP contribution in [0, 0.1) is 0 Å². The first-order valence-electron chi connectivity index (χ1n) is 9.25. The van der Waals surface area contributed by atoms with Crippen LogP contribution in [0.2, 0.25) is 0 Å². The summed E-state index contributed by atoms with van der Waals surface area (Å²) < 4.78 is 25.3. The highest BCUT2D eigenvalue weighted by molar-refractivity contribution is 7.91. The number of likely N-dealkylation sites (tertiary alicyclic amines) is 1. The average molecular weight is 391 g/mol. The van der Waals surface area contributed by atoms with Crippen molar-refractivity contribution in [1.82, 2.24) is 14.7 Å². The Morgan fingerprint density at radius 2 is 1.89 bits per heavy atom. The molecule has 2 aromatic rings. The maximum Gasteiger partial charge on any atom is 0.252 e. The van der Waals surface area contributed by atoms with Crippen LogP contribution in [0.3, 0.4) is 0 Å². The van der Waals surface area contributed by atoms with Crippen molar-refractivity contribution in [2.24, 2.45) is 0 Å². The van der Waals surface area contributed by atoms with Crippen molar-refractivity contribution in [1.29, 1.82) is 0 Å². The standard InChI is InChI=1S/C19H26N4O3S/c1-2-27(25,26)16-15-22-13-9-19(10-14-22,23-12-6-11-20-23)18(24)21-17-7-4-3-5-8-17/h3-8,11-12H,2,9-10,13-16H2,1H3,(H,21,24).